The van der Waals surface area contributed by atoms with Crippen molar-refractivity contribution in [1.82, 2.24) is 5.32 Å². The van der Waals surface area contributed by atoms with E-state index in [0.717, 1.165) is 25.3 Å². The molecule has 0 fully saturated rings. The lowest BCUT2D eigenvalue weighted by molar-refractivity contribution is 0.512. The van der Waals surface area contributed by atoms with Crippen LogP contribution in [0.1, 0.15) is 25.8 Å². The van der Waals surface area contributed by atoms with Gasteiger partial charge in [-0.05, 0) is 49.7 Å². The number of benzene rings is 1. The van der Waals surface area contributed by atoms with E-state index in [4.69, 9.17) is 5.26 Å². The monoisotopic (exact) mass is 245 g/mol. The molecule has 1 aromatic carbocycles. The maximum absolute atomic E-state index is 8.76. The summed E-state index contributed by atoms with van der Waals surface area (Å²) >= 11 is 0. The molecule has 1 rings (SSSR count). The Bertz CT molecular complexity index is 378. The zero-order chi connectivity index (χ0) is 13.4. The Hall–Kier alpha value is -1.53. The number of nitrogens with zero attached hydrogens (tertiary/aromatic N) is 2. The van der Waals surface area contributed by atoms with Crippen molar-refractivity contribution in [3.63, 3.8) is 0 Å². The molecule has 0 aromatic heterocycles. The van der Waals surface area contributed by atoms with Crippen molar-refractivity contribution in [3.05, 3.63) is 29.8 Å². The molecular formula is C15H23N3. The topological polar surface area (TPSA) is 39.1 Å². The standard InChI is InChI=1S/C15H23N3/c1-4-9-17-11-13(2)12-18(3)15-7-5-14(10-16)6-8-15/h5-8,13,17H,4,9,11-12H2,1-3H3. The van der Waals surface area contributed by atoms with Gasteiger partial charge < -0.3 is 10.2 Å². The summed E-state index contributed by atoms with van der Waals surface area (Å²) in [4.78, 5) is 2.24. The number of hydrogen-bond acceptors (Lipinski definition) is 3. The molecule has 0 bridgehead atoms. The molecule has 98 valence electrons. The van der Waals surface area contributed by atoms with Gasteiger partial charge in [-0.25, -0.2) is 0 Å². The first kappa shape index (κ1) is 14.5. The number of anilines is 1. The Kier molecular flexibility index (Phi) is 6.24. The van der Waals surface area contributed by atoms with E-state index in [1.54, 1.807) is 0 Å². The molecule has 0 aliphatic heterocycles. The molecule has 3 heteroatoms. The van der Waals surface area contributed by atoms with Crippen LogP contribution in [0.5, 0.6) is 0 Å². The van der Waals surface area contributed by atoms with Crippen molar-refractivity contribution in [3.8, 4) is 6.07 Å². The van der Waals surface area contributed by atoms with E-state index in [1.807, 2.05) is 24.3 Å². The highest BCUT2D eigenvalue weighted by atomic mass is 15.1. The van der Waals surface area contributed by atoms with Crippen LogP contribution in [-0.2, 0) is 0 Å². The van der Waals surface area contributed by atoms with Crippen LogP contribution in [0.25, 0.3) is 0 Å². The minimum atomic E-state index is 0.609. The van der Waals surface area contributed by atoms with Crippen molar-refractivity contribution in [1.29, 1.82) is 5.26 Å². The van der Waals surface area contributed by atoms with Gasteiger partial charge in [-0.15, -0.1) is 0 Å². The van der Waals surface area contributed by atoms with Crippen LogP contribution in [0, 0.1) is 17.2 Å². The molecule has 1 atom stereocenters. The number of nitrogens with one attached hydrogen (secondary N) is 1. The van der Waals surface area contributed by atoms with Gasteiger partial charge in [0, 0.05) is 19.3 Å². The molecule has 0 aliphatic rings. The number of hydrogen-bond donors (Lipinski definition) is 1. The molecule has 1 aromatic rings. The summed E-state index contributed by atoms with van der Waals surface area (Å²) in [6.07, 6.45) is 1.18. The molecule has 0 amide bonds. The van der Waals surface area contributed by atoms with Crippen LogP contribution in [-0.4, -0.2) is 26.7 Å². The predicted octanol–water partition coefficient (Wildman–Crippen LogP) is 2.63. The zero-order valence-electron chi connectivity index (χ0n) is 11.6. The van der Waals surface area contributed by atoms with Crippen molar-refractivity contribution in [2.45, 2.75) is 20.3 Å². The van der Waals surface area contributed by atoms with E-state index in [1.165, 1.54) is 6.42 Å². The van der Waals surface area contributed by atoms with E-state index in [2.05, 4.69) is 37.2 Å². The summed E-state index contributed by atoms with van der Waals surface area (Å²) < 4.78 is 0. The average molecular weight is 245 g/mol. The summed E-state index contributed by atoms with van der Waals surface area (Å²) in [7, 11) is 2.09. The average Bonchev–Trinajstić information content (AvgIpc) is 2.39. The summed E-state index contributed by atoms with van der Waals surface area (Å²) in [5, 5.41) is 12.2. The molecule has 0 saturated carbocycles. The van der Waals surface area contributed by atoms with Gasteiger partial charge in [-0.2, -0.15) is 5.26 Å². The third kappa shape index (κ3) is 4.77. The lowest BCUT2D eigenvalue weighted by Gasteiger charge is -2.23. The quantitative estimate of drug-likeness (QED) is 0.751. The zero-order valence-corrected chi connectivity index (χ0v) is 11.6. The van der Waals surface area contributed by atoms with Crippen molar-refractivity contribution < 1.29 is 0 Å². The predicted molar refractivity (Wildman–Crippen MR) is 76.8 cm³/mol. The third-order valence-electron chi connectivity index (χ3n) is 2.94. The van der Waals surface area contributed by atoms with E-state index >= 15 is 0 Å². The SMILES string of the molecule is CCCNCC(C)CN(C)c1ccc(C#N)cc1. The first-order chi connectivity index (χ1) is 8.67. The summed E-state index contributed by atoms with van der Waals surface area (Å²) in [6, 6.07) is 9.88. The minimum absolute atomic E-state index is 0.609. The fraction of sp³-hybridized carbons (Fsp3) is 0.533. The van der Waals surface area contributed by atoms with Gasteiger partial charge in [0.15, 0.2) is 0 Å². The van der Waals surface area contributed by atoms with Gasteiger partial charge in [0.05, 0.1) is 11.6 Å². The molecule has 1 N–H and O–H groups in total. The molecule has 0 heterocycles. The highest BCUT2D eigenvalue weighted by Crippen LogP contribution is 2.14. The van der Waals surface area contributed by atoms with E-state index in [9.17, 15) is 0 Å². The van der Waals surface area contributed by atoms with Crippen LogP contribution in [0.4, 0.5) is 5.69 Å². The van der Waals surface area contributed by atoms with Gasteiger partial charge in [0.25, 0.3) is 0 Å². The van der Waals surface area contributed by atoms with Crippen molar-refractivity contribution in [2.75, 3.05) is 31.6 Å². The van der Waals surface area contributed by atoms with Gasteiger partial charge in [0.1, 0.15) is 0 Å². The van der Waals surface area contributed by atoms with E-state index in [-0.39, 0.29) is 0 Å². The molecule has 0 saturated heterocycles. The smallest absolute Gasteiger partial charge is 0.0991 e. The van der Waals surface area contributed by atoms with Crippen molar-refractivity contribution >= 4 is 5.69 Å². The molecular weight excluding hydrogens is 222 g/mol. The minimum Gasteiger partial charge on any atom is -0.374 e. The molecule has 0 spiro atoms. The second-order valence-electron chi connectivity index (χ2n) is 4.85. The molecule has 0 radical (unpaired) electrons. The van der Waals surface area contributed by atoms with Gasteiger partial charge in [0.2, 0.25) is 0 Å². The van der Waals surface area contributed by atoms with Crippen LogP contribution in [0.2, 0.25) is 0 Å². The highest BCUT2D eigenvalue weighted by molar-refractivity contribution is 5.49. The number of nitriles is 1. The maximum Gasteiger partial charge on any atom is 0.0991 e. The second kappa shape index (κ2) is 7.73. The van der Waals surface area contributed by atoms with Gasteiger partial charge in [-0.1, -0.05) is 13.8 Å². The highest BCUT2D eigenvalue weighted by Gasteiger charge is 2.06. The van der Waals surface area contributed by atoms with Crippen LogP contribution in [0.3, 0.4) is 0 Å². The van der Waals surface area contributed by atoms with Gasteiger partial charge in [-0.3, -0.25) is 0 Å². The Balaban J connectivity index is 2.43. The first-order valence-corrected chi connectivity index (χ1v) is 6.59. The van der Waals surface area contributed by atoms with Crippen molar-refractivity contribution in [2.24, 2.45) is 5.92 Å². The van der Waals surface area contributed by atoms with Gasteiger partial charge >= 0.3 is 0 Å². The lowest BCUT2D eigenvalue weighted by Crippen LogP contribution is -2.31. The molecule has 0 aliphatic carbocycles. The summed E-state index contributed by atoms with van der Waals surface area (Å²) in [5.41, 5.74) is 1.88. The second-order valence-corrected chi connectivity index (χ2v) is 4.85. The molecule has 1 unspecified atom stereocenters. The fourth-order valence-corrected chi connectivity index (χ4v) is 1.95. The molecule has 18 heavy (non-hydrogen) atoms. The Labute approximate surface area is 110 Å². The van der Waals surface area contributed by atoms with Crippen LogP contribution in [0.15, 0.2) is 24.3 Å². The first-order valence-electron chi connectivity index (χ1n) is 6.59. The summed E-state index contributed by atoms with van der Waals surface area (Å²) in [6.45, 7) is 7.59. The molecule has 3 nitrogen and oxygen atoms in total. The fourth-order valence-electron chi connectivity index (χ4n) is 1.95. The largest absolute Gasteiger partial charge is 0.374 e. The maximum atomic E-state index is 8.76. The van der Waals surface area contributed by atoms with E-state index in [0.29, 0.717) is 11.5 Å². The Morgan fingerprint density at radius 3 is 2.56 bits per heavy atom. The van der Waals surface area contributed by atoms with Crippen LogP contribution < -0.4 is 10.2 Å². The van der Waals surface area contributed by atoms with Crippen LogP contribution >= 0.6 is 0 Å². The Morgan fingerprint density at radius 1 is 1.33 bits per heavy atom. The Morgan fingerprint density at radius 2 is 2.00 bits per heavy atom. The van der Waals surface area contributed by atoms with E-state index < -0.39 is 0 Å². The normalized spacial score (nSPS) is 11.9. The number of rotatable bonds is 7. The lowest BCUT2D eigenvalue weighted by atomic mass is 10.1. The summed E-state index contributed by atoms with van der Waals surface area (Å²) in [5.74, 6) is 0.609. The third-order valence-corrected chi connectivity index (χ3v) is 2.94.